The molecule has 1 fully saturated rings. The third kappa shape index (κ3) is 5.50. The minimum atomic E-state index is -2.51. The summed E-state index contributed by atoms with van der Waals surface area (Å²) in [7, 11) is -9.16. The van der Waals surface area contributed by atoms with Crippen molar-refractivity contribution < 1.29 is 4.43 Å². The van der Waals surface area contributed by atoms with E-state index in [0.717, 1.165) is 4.79 Å². The molecule has 1 unspecified atom stereocenters. The van der Waals surface area contributed by atoms with E-state index in [-0.39, 0.29) is 10.8 Å². The van der Waals surface area contributed by atoms with E-state index in [1.54, 1.807) is 3.97 Å². The monoisotopic (exact) mass is 683 g/mol. The molecule has 3 rings (SSSR count). The van der Waals surface area contributed by atoms with E-state index in [1.807, 2.05) is 0 Å². The molecule has 3 atom stereocenters. The Morgan fingerprint density at radius 3 is 1.55 bits per heavy atom. The molecule has 0 bridgehead atoms. The molecule has 1 nitrogen and oxygen atoms in total. The van der Waals surface area contributed by atoms with Crippen LogP contribution in [0.15, 0.2) is 60.7 Å². The number of benzene rings is 2. The van der Waals surface area contributed by atoms with E-state index in [9.17, 15) is 0 Å². The number of hydrogen-bond donors (Lipinski definition) is 0. The van der Waals surface area contributed by atoms with Gasteiger partial charge in [-0.1, -0.05) is 0 Å². The zero-order valence-electron chi connectivity index (χ0n) is 28.3. The van der Waals surface area contributed by atoms with Gasteiger partial charge < -0.3 is 0 Å². The van der Waals surface area contributed by atoms with Crippen molar-refractivity contribution in [3.63, 3.8) is 0 Å². The molecule has 0 aliphatic carbocycles. The van der Waals surface area contributed by atoms with Gasteiger partial charge in [0.05, 0.1) is 0 Å². The van der Waals surface area contributed by atoms with Gasteiger partial charge in [-0.05, 0) is 0 Å². The second-order valence-electron chi connectivity index (χ2n) is 17.0. The fraction of sp³-hybridized carbons (Fsp3) is 0.606. The van der Waals surface area contributed by atoms with Crippen molar-refractivity contribution in [1.82, 2.24) is 0 Å². The van der Waals surface area contributed by atoms with Crippen LogP contribution in [0.25, 0.3) is 0 Å². The molecule has 7 heteroatoms. The molecule has 0 aromatic heterocycles. The molecule has 3 radical (unpaired) electrons. The summed E-state index contributed by atoms with van der Waals surface area (Å²) in [6.45, 7) is 39.6. The van der Waals surface area contributed by atoms with E-state index in [4.69, 9.17) is 4.43 Å². The summed E-state index contributed by atoms with van der Waals surface area (Å²) < 4.78 is 9.96. The Morgan fingerprint density at radius 2 is 1.15 bits per heavy atom. The Morgan fingerprint density at radius 1 is 0.700 bits per heavy atom. The van der Waals surface area contributed by atoms with Crippen molar-refractivity contribution in [2.45, 2.75) is 127 Å². The quantitative estimate of drug-likeness (QED) is 0.276. The molecule has 0 amide bonds. The van der Waals surface area contributed by atoms with Crippen molar-refractivity contribution in [2.75, 3.05) is 0 Å². The van der Waals surface area contributed by atoms with Gasteiger partial charge in [0, 0.05) is 0 Å². The van der Waals surface area contributed by atoms with Crippen molar-refractivity contribution >= 4 is 59.5 Å². The summed E-state index contributed by atoms with van der Waals surface area (Å²) in [4.78, 5) is 0.747. The summed E-state index contributed by atoms with van der Waals surface area (Å²) in [6, 6.07) is 22.9. The maximum absolute atomic E-state index is 8.31. The Kier molecular flexibility index (Phi) is 9.55. The fourth-order valence-corrected chi connectivity index (χ4v) is 80.1. The van der Waals surface area contributed by atoms with Gasteiger partial charge in [0.2, 0.25) is 0 Å². The summed E-state index contributed by atoms with van der Waals surface area (Å²) in [6.07, 6.45) is 0. The van der Waals surface area contributed by atoms with Gasteiger partial charge in [-0.3, -0.25) is 0 Å². The van der Waals surface area contributed by atoms with Gasteiger partial charge in [0.1, 0.15) is 0 Å². The first-order valence-corrected chi connectivity index (χ1v) is 31.0. The normalized spacial score (nSPS) is 23.9. The predicted octanol–water partition coefficient (Wildman–Crippen LogP) is 9.80. The molecule has 0 N–H and O–H groups in total. The second-order valence-corrected chi connectivity index (χ2v) is 52.1. The van der Waals surface area contributed by atoms with Crippen molar-refractivity contribution in [3.05, 3.63) is 71.8 Å². The molecule has 1 heterocycles. The van der Waals surface area contributed by atoms with E-state index >= 15 is 0 Å². The number of rotatable bonds is 6. The van der Waals surface area contributed by atoms with Gasteiger partial charge in [0.15, 0.2) is 0 Å². The molecule has 0 saturated carbocycles. The first-order valence-electron chi connectivity index (χ1n) is 15.2. The van der Waals surface area contributed by atoms with Gasteiger partial charge in [-0.15, -0.1) is 0 Å². The van der Waals surface area contributed by atoms with Crippen LogP contribution in [0.2, 0.25) is 59.2 Å². The second kappa shape index (κ2) is 11.1. The Balaban J connectivity index is 2.60. The molecule has 219 valence electrons. The summed E-state index contributed by atoms with van der Waals surface area (Å²) in [5, 5.41) is 0.848. The number of hydrogen-bond acceptors (Lipinski definition) is 1. The van der Waals surface area contributed by atoms with E-state index in [2.05, 4.69) is 178 Å². The molecule has 1 aliphatic heterocycles. The first kappa shape index (κ1) is 34.4. The van der Waals surface area contributed by atoms with Crippen LogP contribution in [0, 0.1) is 0 Å². The molecule has 0 spiro atoms. The Bertz CT molecular complexity index is 1190. The van der Waals surface area contributed by atoms with Gasteiger partial charge in [0.25, 0.3) is 0 Å². The third-order valence-electron chi connectivity index (χ3n) is 11.9. The fourth-order valence-electron chi connectivity index (χ4n) is 6.41. The Labute approximate surface area is 261 Å². The van der Waals surface area contributed by atoms with E-state index < -0.39 is 39.4 Å². The zero-order valence-corrected chi connectivity index (χ0v) is 35.4. The molecule has 2 aromatic carbocycles. The molecule has 2 aromatic rings. The molecule has 1 saturated heterocycles. The van der Waals surface area contributed by atoms with Crippen LogP contribution in [-0.4, -0.2) is 59.5 Å². The van der Waals surface area contributed by atoms with Crippen LogP contribution < -0.4 is 0 Å². The van der Waals surface area contributed by atoms with Gasteiger partial charge in [-0.25, -0.2) is 0 Å². The van der Waals surface area contributed by atoms with Crippen LogP contribution in [0.4, 0.5) is 0 Å². The average Bonchev–Trinajstić information content (AvgIpc) is 3.22. The summed E-state index contributed by atoms with van der Waals surface area (Å²) in [5.41, 5.74) is 3.16. The average molecular weight is 683 g/mol. The molecular weight excluding hydrogens is 625 g/mol. The Hall–Kier alpha value is -0.103. The van der Waals surface area contributed by atoms with Gasteiger partial charge in [-0.2, -0.15) is 0 Å². The standard InChI is InChI=1S/C33H57GeOSi5/c1-31(2,3)37(10,11)30-36(38(12,13)32(4,5)6)29(27-24-20-17-21-25-27)35-40(30,39(14,15)33(7,8)9)28(34)26-22-18-16-19-23-26/h16-25,29-30H,1-15H3/t29-,30?,40-/m1/s1. The molecule has 40 heavy (non-hydrogen) atoms. The van der Waals surface area contributed by atoms with Crippen LogP contribution >= 0.6 is 0 Å². The molecular formula is C33H57GeOSi5. The van der Waals surface area contributed by atoms with Crippen LogP contribution in [0.1, 0.15) is 79.2 Å². The van der Waals surface area contributed by atoms with Crippen molar-refractivity contribution in [3.8, 4) is 0 Å². The van der Waals surface area contributed by atoms with Crippen LogP contribution in [-0.2, 0) is 4.43 Å². The zero-order chi connectivity index (χ0) is 30.7. The van der Waals surface area contributed by atoms with Crippen LogP contribution in [0.3, 0.4) is 0 Å². The van der Waals surface area contributed by atoms with Crippen molar-refractivity contribution in [2.24, 2.45) is 0 Å². The maximum atomic E-state index is 8.31. The van der Waals surface area contributed by atoms with Gasteiger partial charge >= 0.3 is 263 Å². The van der Waals surface area contributed by atoms with E-state index in [1.165, 1.54) is 11.1 Å². The summed E-state index contributed by atoms with van der Waals surface area (Å²) >= 11 is 2.53. The van der Waals surface area contributed by atoms with Crippen molar-refractivity contribution in [1.29, 1.82) is 0 Å². The first-order chi connectivity index (χ1) is 18.0. The minimum absolute atomic E-state index is 0.238. The van der Waals surface area contributed by atoms with E-state index in [0.29, 0.717) is 10.1 Å². The topological polar surface area (TPSA) is 9.23 Å². The summed E-state index contributed by atoms with van der Waals surface area (Å²) in [5.74, 6) is 0. The SMILES string of the molecule is CC(C)(C)[Si](C)(C)C1[Si]([Si](C)(C)C(C)(C)C)[C@H](c2ccccc2)O[Si@]1([C](=[Ge])c1ccccc1)[Si](C)(C)C(C)(C)C. The molecule has 1 aliphatic rings. The van der Waals surface area contributed by atoms with Crippen LogP contribution in [0.5, 0.6) is 0 Å². The predicted molar refractivity (Wildman–Crippen MR) is 193 cm³/mol. The third-order valence-corrected chi connectivity index (χ3v) is 67.0.